The average Bonchev–Trinajstić information content (AvgIpc) is 3.24. The number of fused-ring (bicyclic) bond motifs is 2. The maximum Gasteiger partial charge on any atom is 0.259 e. The zero-order valence-corrected chi connectivity index (χ0v) is 17.1. The fourth-order valence-corrected chi connectivity index (χ4v) is 3.98. The first kappa shape index (κ1) is 18.9. The maximum atomic E-state index is 12.5. The smallest absolute Gasteiger partial charge is 0.259 e. The minimum Gasteiger partial charge on any atom is -0.497 e. The molecule has 2 aromatic carbocycles. The van der Waals surface area contributed by atoms with Crippen LogP contribution in [0.2, 0.25) is 0 Å². The van der Waals surface area contributed by atoms with E-state index in [1.165, 1.54) is 21.4 Å². The summed E-state index contributed by atoms with van der Waals surface area (Å²) in [6.07, 6.45) is 3.78. The number of anilines is 1. The fraction of sp³-hybridized carbons (Fsp3) is 0.120. The van der Waals surface area contributed by atoms with E-state index in [9.17, 15) is 4.79 Å². The van der Waals surface area contributed by atoms with E-state index in [1.807, 2.05) is 42.5 Å². The summed E-state index contributed by atoms with van der Waals surface area (Å²) in [5.41, 5.74) is 3.94. The average molecular weight is 410 g/mol. The zero-order valence-electron chi connectivity index (χ0n) is 17.1. The summed E-state index contributed by atoms with van der Waals surface area (Å²) in [6.45, 7) is 0.587. The van der Waals surface area contributed by atoms with Crippen molar-refractivity contribution in [1.82, 2.24) is 14.4 Å². The molecule has 154 valence electrons. The molecule has 5 aromatic rings. The minimum absolute atomic E-state index is 0.0538. The molecule has 6 nitrogen and oxygen atoms in total. The fourth-order valence-electron chi connectivity index (χ4n) is 3.98. The molecular formula is C25H22N4O2. The standard InChI is InChI=1S/C25H22N4O2/c1-31-18-11-9-17(10-12-18)20(21-16-26-22-7-3-2-6-19(21)22)15-27-23-14-25(30)29-13-5-4-8-24(29)28-23/h2-14,16,20,26-27H,15H2,1H3. The van der Waals surface area contributed by atoms with Crippen LogP contribution in [0.5, 0.6) is 5.75 Å². The van der Waals surface area contributed by atoms with Gasteiger partial charge in [0.15, 0.2) is 0 Å². The van der Waals surface area contributed by atoms with Crippen molar-refractivity contribution in [3.05, 3.63) is 107 Å². The third-order valence-electron chi connectivity index (χ3n) is 5.57. The van der Waals surface area contributed by atoms with Crippen LogP contribution in [0.1, 0.15) is 17.0 Å². The van der Waals surface area contributed by atoms with Gasteiger partial charge in [0.25, 0.3) is 5.56 Å². The predicted octanol–water partition coefficient (Wildman–Crippen LogP) is 4.43. The van der Waals surface area contributed by atoms with Crippen molar-refractivity contribution in [1.29, 1.82) is 0 Å². The van der Waals surface area contributed by atoms with Gasteiger partial charge in [0.05, 0.1) is 7.11 Å². The Labute approximate surface area is 179 Å². The number of hydrogen-bond donors (Lipinski definition) is 2. The molecule has 0 bridgehead atoms. The molecule has 3 heterocycles. The van der Waals surface area contributed by atoms with E-state index in [1.54, 1.807) is 13.3 Å². The number of aromatic nitrogens is 3. The van der Waals surface area contributed by atoms with Gasteiger partial charge in [-0.1, -0.05) is 36.4 Å². The number of hydrogen-bond acceptors (Lipinski definition) is 4. The normalized spacial score (nSPS) is 12.2. The van der Waals surface area contributed by atoms with Gasteiger partial charge in [-0.3, -0.25) is 9.20 Å². The highest BCUT2D eigenvalue weighted by molar-refractivity contribution is 5.84. The van der Waals surface area contributed by atoms with Crippen LogP contribution in [0.4, 0.5) is 5.82 Å². The number of nitrogens with one attached hydrogen (secondary N) is 2. The molecule has 0 spiro atoms. The second-order valence-corrected chi connectivity index (χ2v) is 7.40. The lowest BCUT2D eigenvalue weighted by molar-refractivity contribution is 0.414. The number of rotatable bonds is 6. The van der Waals surface area contributed by atoms with Gasteiger partial charge in [0, 0.05) is 41.8 Å². The number of methoxy groups -OCH3 is 1. The van der Waals surface area contributed by atoms with Gasteiger partial charge >= 0.3 is 0 Å². The van der Waals surface area contributed by atoms with Crippen LogP contribution in [0.15, 0.2) is 90.0 Å². The number of H-pyrrole nitrogens is 1. The molecule has 1 atom stereocenters. The number of pyridine rings is 1. The Morgan fingerprint density at radius 3 is 2.71 bits per heavy atom. The molecule has 0 radical (unpaired) electrons. The Kier molecular flexibility index (Phi) is 4.88. The Morgan fingerprint density at radius 1 is 1.06 bits per heavy atom. The van der Waals surface area contributed by atoms with Crippen LogP contribution < -0.4 is 15.6 Å². The van der Waals surface area contributed by atoms with Crippen molar-refractivity contribution in [3.63, 3.8) is 0 Å². The van der Waals surface area contributed by atoms with Gasteiger partial charge in [-0.15, -0.1) is 0 Å². The summed E-state index contributed by atoms with van der Waals surface area (Å²) >= 11 is 0. The highest BCUT2D eigenvalue weighted by Crippen LogP contribution is 2.32. The van der Waals surface area contributed by atoms with Crippen LogP contribution in [0.25, 0.3) is 16.6 Å². The van der Waals surface area contributed by atoms with Crippen LogP contribution in [0, 0.1) is 0 Å². The Hall–Kier alpha value is -4.06. The number of nitrogens with zero attached hydrogens (tertiary/aromatic N) is 2. The molecular weight excluding hydrogens is 388 g/mol. The lowest BCUT2D eigenvalue weighted by Gasteiger charge is -2.19. The third-order valence-corrected chi connectivity index (χ3v) is 5.57. The summed E-state index contributed by atoms with van der Waals surface area (Å²) in [4.78, 5) is 20.4. The first-order valence-electron chi connectivity index (χ1n) is 10.2. The van der Waals surface area contributed by atoms with Gasteiger partial charge in [0.2, 0.25) is 0 Å². The van der Waals surface area contributed by atoms with Crippen molar-refractivity contribution in [2.45, 2.75) is 5.92 Å². The van der Waals surface area contributed by atoms with E-state index < -0.39 is 0 Å². The van der Waals surface area contributed by atoms with Crippen LogP contribution >= 0.6 is 0 Å². The number of ether oxygens (including phenoxy) is 1. The number of aromatic amines is 1. The molecule has 0 saturated heterocycles. The summed E-state index contributed by atoms with van der Waals surface area (Å²) in [5.74, 6) is 1.44. The molecule has 0 amide bonds. The topological polar surface area (TPSA) is 71.4 Å². The Morgan fingerprint density at radius 2 is 1.87 bits per heavy atom. The number of benzene rings is 2. The SMILES string of the molecule is COc1ccc(C(CNc2cc(=O)n3ccccc3n2)c2c[nH]c3ccccc23)cc1. The molecule has 3 aromatic heterocycles. The summed E-state index contributed by atoms with van der Waals surface area (Å²) in [6, 6.07) is 23.4. The third kappa shape index (κ3) is 3.64. The molecule has 6 heteroatoms. The second kappa shape index (κ2) is 7.99. The summed E-state index contributed by atoms with van der Waals surface area (Å²) < 4.78 is 6.86. The number of para-hydroxylation sites is 1. The highest BCUT2D eigenvalue weighted by Gasteiger charge is 2.19. The van der Waals surface area contributed by atoms with E-state index in [0.717, 1.165) is 16.8 Å². The summed E-state index contributed by atoms with van der Waals surface area (Å²) in [5, 5.41) is 4.57. The van der Waals surface area contributed by atoms with E-state index >= 15 is 0 Å². The predicted molar refractivity (Wildman–Crippen MR) is 123 cm³/mol. The largest absolute Gasteiger partial charge is 0.497 e. The van der Waals surface area contributed by atoms with Gasteiger partial charge in [0.1, 0.15) is 17.2 Å². The van der Waals surface area contributed by atoms with Gasteiger partial charge in [-0.2, -0.15) is 0 Å². The monoisotopic (exact) mass is 410 g/mol. The molecule has 31 heavy (non-hydrogen) atoms. The van der Waals surface area contributed by atoms with Crippen molar-refractivity contribution in [3.8, 4) is 5.75 Å². The quantitative estimate of drug-likeness (QED) is 0.434. The lowest BCUT2D eigenvalue weighted by Crippen LogP contribution is -2.19. The van der Waals surface area contributed by atoms with Crippen molar-refractivity contribution in [2.24, 2.45) is 0 Å². The lowest BCUT2D eigenvalue weighted by atomic mass is 9.91. The Balaban J connectivity index is 1.52. The van der Waals surface area contributed by atoms with Gasteiger partial charge in [-0.25, -0.2) is 4.98 Å². The van der Waals surface area contributed by atoms with Crippen molar-refractivity contribution >= 4 is 22.4 Å². The molecule has 5 rings (SSSR count). The molecule has 0 saturated carbocycles. The molecule has 0 aliphatic carbocycles. The van der Waals surface area contributed by atoms with Crippen molar-refractivity contribution in [2.75, 3.05) is 19.0 Å². The molecule has 0 fully saturated rings. The van der Waals surface area contributed by atoms with Crippen LogP contribution in [0.3, 0.4) is 0 Å². The van der Waals surface area contributed by atoms with Gasteiger partial charge < -0.3 is 15.0 Å². The van der Waals surface area contributed by atoms with Crippen molar-refractivity contribution < 1.29 is 4.74 Å². The van der Waals surface area contributed by atoms with Crippen LogP contribution in [-0.4, -0.2) is 28.0 Å². The maximum absolute atomic E-state index is 12.5. The molecule has 0 aliphatic heterocycles. The first-order valence-corrected chi connectivity index (χ1v) is 10.2. The molecule has 1 unspecified atom stereocenters. The van der Waals surface area contributed by atoms with Gasteiger partial charge in [-0.05, 0) is 41.5 Å². The highest BCUT2D eigenvalue weighted by atomic mass is 16.5. The molecule has 0 aliphatic rings. The van der Waals surface area contributed by atoms with Crippen LogP contribution in [-0.2, 0) is 0 Å². The van der Waals surface area contributed by atoms with E-state index in [0.29, 0.717) is 18.0 Å². The first-order chi connectivity index (χ1) is 15.2. The van der Waals surface area contributed by atoms with E-state index in [2.05, 4.69) is 45.7 Å². The summed E-state index contributed by atoms with van der Waals surface area (Å²) in [7, 11) is 1.66. The van der Waals surface area contributed by atoms with E-state index in [-0.39, 0.29) is 11.5 Å². The zero-order chi connectivity index (χ0) is 21.2. The molecule has 2 N–H and O–H groups in total. The Bertz CT molecular complexity index is 1400. The van der Waals surface area contributed by atoms with E-state index in [4.69, 9.17) is 4.74 Å². The minimum atomic E-state index is -0.110. The second-order valence-electron chi connectivity index (χ2n) is 7.40.